The van der Waals surface area contributed by atoms with Gasteiger partial charge in [0.1, 0.15) is 36.6 Å². The van der Waals surface area contributed by atoms with Crippen LogP contribution >= 0.6 is 0 Å². The number of rotatable bonds is 22. The maximum Gasteiger partial charge on any atom is 0.187 e. The summed E-state index contributed by atoms with van der Waals surface area (Å²) in [5, 5.41) is 0. The Labute approximate surface area is 371 Å². The van der Waals surface area contributed by atoms with Crippen LogP contribution in [0.25, 0.3) is 0 Å². The van der Waals surface area contributed by atoms with Crippen molar-refractivity contribution in [2.45, 2.75) is 88.7 Å². The van der Waals surface area contributed by atoms with Gasteiger partial charge >= 0.3 is 0 Å². The molecule has 0 aliphatic carbocycles. The molecule has 0 unspecified atom stereocenters. The molecule has 9 heteroatoms. The molecule has 2 heterocycles. The molecule has 8 rings (SSSR count). The lowest BCUT2D eigenvalue weighted by Crippen LogP contribution is -2.62. The molecule has 2 aliphatic rings. The van der Waals surface area contributed by atoms with E-state index in [0.29, 0.717) is 39.6 Å². The molecule has 1 fully saturated rings. The molecule has 0 amide bonds. The molecule has 9 nitrogen and oxygen atoms in total. The number of ether oxygens (including phenoxy) is 9. The molecule has 0 aromatic heterocycles. The summed E-state index contributed by atoms with van der Waals surface area (Å²) in [6, 6.07) is 60.6. The normalized spacial score (nSPS) is 23.2. The third-order valence-electron chi connectivity index (χ3n) is 11.0. The first-order chi connectivity index (χ1) is 31.2. The van der Waals surface area contributed by atoms with Crippen LogP contribution in [0.3, 0.4) is 0 Å². The van der Waals surface area contributed by atoms with Crippen molar-refractivity contribution in [1.82, 2.24) is 0 Å². The lowest BCUT2D eigenvalue weighted by molar-refractivity contribution is -0.332. The molecule has 6 aromatic carbocycles. The minimum atomic E-state index is -0.913. The third kappa shape index (κ3) is 13.3. The van der Waals surface area contributed by atoms with E-state index in [1.165, 1.54) is 0 Å². The van der Waals surface area contributed by atoms with Crippen LogP contribution in [-0.4, -0.2) is 62.2 Å². The van der Waals surface area contributed by atoms with Gasteiger partial charge in [0.25, 0.3) is 0 Å². The molecule has 0 radical (unpaired) electrons. The second-order valence-corrected chi connectivity index (χ2v) is 15.7. The van der Waals surface area contributed by atoms with Crippen LogP contribution in [0, 0.1) is 0 Å². The van der Waals surface area contributed by atoms with Crippen molar-refractivity contribution in [3.8, 4) is 0 Å². The Balaban J connectivity index is 1.08. The summed E-state index contributed by atoms with van der Waals surface area (Å²) in [5.41, 5.74) is 6.20. The van der Waals surface area contributed by atoms with Gasteiger partial charge in [0.2, 0.25) is 0 Å². The largest absolute Gasteiger partial charge is 0.493 e. The van der Waals surface area contributed by atoms with E-state index in [0.717, 1.165) is 33.4 Å². The molecule has 2 aliphatic heterocycles. The second kappa shape index (κ2) is 23.8. The van der Waals surface area contributed by atoms with Gasteiger partial charge in [-0.1, -0.05) is 182 Å². The van der Waals surface area contributed by atoms with Gasteiger partial charge in [-0.25, -0.2) is 0 Å². The molecular weight excluding hydrogens is 793 g/mol. The van der Waals surface area contributed by atoms with Crippen LogP contribution < -0.4 is 0 Å². The molecule has 0 bridgehead atoms. The standard InChI is InChI=1S/C54H56O9/c1-7-19-41(20-8-1)33-55-39-49-51(59-36-44-25-13-4-14-26-44)52(60-37-45-27-15-5-16-28-45)53(61-38-46-29-17-6-18-30-46)54(63-49)62-40-48-50(58-35-43-23-11-3-12-24-43)47(31-32-56-48)57-34-42-21-9-2-10-22-42/h1-32,47-54H,33-40H2/t47-,48-,49-,50-,51+,52+,53-,54+/m1/s1. The van der Waals surface area contributed by atoms with Crippen LogP contribution in [-0.2, 0) is 82.3 Å². The van der Waals surface area contributed by atoms with Crippen LogP contribution in [0.4, 0.5) is 0 Å². The summed E-state index contributed by atoms with van der Waals surface area (Å²) < 4.78 is 60.4. The monoisotopic (exact) mass is 848 g/mol. The highest BCUT2D eigenvalue weighted by Crippen LogP contribution is 2.33. The Morgan fingerprint density at radius 2 is 0.714 bits per heavy atom. The van der Waals surface area contributed by atoms with Crippen molar-refractivity contribution >= 4 is 0 Å². The molecule has 63 heavy (non-hydrogen) atoms. The van der Waals surface area contributed by atoms with E-state index in [1.807, 2.05) is 188 Å². The Bertz CT molecular complexity index is 2180. The lowest BCUT2D eigenvalue weighted by atomic mass is 9.97. The second-order valence-electron chi connectivity index (χ2n) is 15.7. The molecular formula is C54H56O9. The number of hydrogen-bond donors (Lipinski definition) is 0. The van der Waals surface area contributed by atoms with Gasteiger partial charge in [0, 0.05) is 0 Å². The van der Waals surface area contributed by atoms with E-state index in [2.05, 4.69) is 0 Å². The molecule has 0 saturated carbocycles. The van der Waals surface area contributed by atoms with E-state index in [1.54, 1.807) is 6.26 Å². The first-order valence-corrected chi connectivity index (χ1v) is 21.7. The Morgan fingerprint density at radius 3 is 1.17 bits per heavy atom. The highest BCUT2D eigenvalue weighted by Gasteiger charge is 2.50. The summed E-state index contributed by atoms with van der Waals surface area (Å²) >= 11 is 0. The fourth-order valence-corrected chi connectivity index (χ4v) is 7.71. The van der Waals surface area contributed by atoms with Gasteiger partial charge in [0.05, 0.1) is 59.1 Å². The number of benzene rings is 6. The van der Waals surface area contributed by atoms with Gasteiger partial charge in [-0.3, -0.25) is 0 Å². The predicted octanol–water partition coefficient (Wildman–Crippen LogP) is 9.78. The molecule has 326 valence electrons. The average Bonchev–Trinajstić information content (AvgIpc) is 3.35. The first-order valence-electron chi connectivity index (χ1n) is 21.7. The van der Waals surface area contributed by atoms with Crippen molar-refractivity contribution in [1.29, 1.82) is 0 Å². The van der Waals surface area contributed by atoms with Crippen molar-refractivity contribution in [3.63, 3.8) is 0 Å². The van der Waals surface area contributed by atoms with Gasteiger partial charge in [-0.05, 0) is 39.5 Å². The fraction of sp³-hybridized carbons (Fsp3) is 0.296. The fourth-order valence-electron chi connectivity index (χ4n) is 7.71. The predicted molar refractivity (Wildman–Crippen MR) is 240 cm³/mol. The van der Waals surface area contributed by atoms with E-state index < -0.39 is 49.0 Å². The van der Waals surface area contributed by atoms with Crippen molar-refractivity contribution in [2.24, 2.45) is 0 Å². The minimum absolute atomic E-state index is 0.101. The third-order valence-corrected chi connectivity index (χ3v) is 11.0. The summed E-state index contributed by atoms with van der Waals surface area (Å²) in [6.45, 7) is 2.43. The van der Waals surface area contributed by atoms with Gasteiger partial charge in [0.15, 0.2) is 12.4 Å². The Hall–Kier alpha value is -5.46. The SMILES string of the molecule is C1=C[C@@H](OCc2ccccc2)[C@@H](OCc2ccccc2)[C@@H](CO[C@H]2O[C@H](COCc3ccccc3)[C@H](OCc3ccccc3)[C@H](OCc3ccccc3)[C@H]2OCc2ccccc2)O1. The highest BCUT2D eigenvalue weighted by atomic mass is 16.7. The van der Waals surface area contributed by atoms with Crippen LogP contribution in [0.2, 0.25) is 0 Å². The summed E-state index contributed by atoms with van der Waals surface area (Å²) in [5.74, 6) is 0. The average molecular weight is 849 g/mol. The summed E-state index contributed by atoms with van der Waals surface area (Å²) in [7, 11) is 0. The van der Waals surface area contributed by atoms with Crippen molar-refractivity contribution in [2.75, 3.05) is 13.2 Å². The van der Waals surface area contributed by atoms with E-state index in [9.17, 15) is 0 Å². The maximum absolute atomic E-state index is 6.97. The van der Waals surface area contributed by atoms with E-state index in [-0.39, 0.29) is 13.2 Å². The quantitative estimate of drug-likeness (QED) is 0.0664. The molecule has 6 aromatic rings. The van der Waals surface area contributed by atoms with Gasteiger partial charge in [-0.2, -0.15) is 0 Å². The molecule has 0 N–H and O–H groups in total. The van der Waals surface area contributed by atoms with Crippen LogP contribution in [0.5, 0.6) is 0 Å². The van der Waals surface area contributed by atoms with E-state index in [4.69, 9.17) is 42.6 Å². The van der Waals surface area contributed by atoms with Crippen molar-refractivity contribution in [3.05, 3.63) is 228 Å². The van der Waals surface area contributed by atoms with Gasteiger partial charge < -0.3 is 42.6 Å². The number of hydrogen-bond acceptors (Lipinski definition) is 9. The smallest absolute Gasteiger partial charge is 0.187 e. The van der Waals surface area contributed by atoms with Crippen molar-refractivity contribution < 1.29 is 42.6 Å². The Morgan fingerprint density at radius 1 is 0.333 bits per heavy atom. The zero-order chi connectivity index (χ0) is 42.7. The lowest BCUT2D eigenvalue weighted by Gasteiger charge is -2.46. The zero-order valence-electron chi connectivity index (χ0n) is 35.4. The Kier molecular flexibility index (Phi) is 16.7. The molecule has 0 spiro atoms. The van der Waals surface area contributed by atoms with Gasteiger partial charge in [-0.15, -0.1) is 0 Å². The highest BCUT2D eigenvalue weighted by molar-refractivity contribution is 5.18. The van der Waals surface area contributed by atoms with Crippen LogP contribution in [0.15, 0.2) is 194 Å². The zero-order valence-corrected chi connectivity index (χ0v) is 35.4. The minimum Gasteiger partial charge on any atom is -0.493 e. The summed E-state index contributed by atoms with van der Waals surface area (Å²) in [6.07, 6.45) is -1.37. The maximum atomic E-state index is 6.97. The first kappa shape index (κ1) is 44.2. The summed E-state index contributed by atoms with van der Waals surface area (Å²) in [4.78, 5) is 0. The van der Waals surface area contributed by atoms with Crippen LogP contribution in [0.1, 0.15) is 33.4 Å². The topological polar surface area (TPSA) is 83.1 Å². The molecule has 8 atom stereocenters. The molecule has 1 saturated heterocycles. The van der Waals surface area contributed by atoms with E-state index >= 15 is 0 Å².